The summed E-state index contributed by atoms with van der Waals surface area (Å²) in [6.07, 6.45) is 1.90. The van der Waals surface area contributed by atoms with Crippen molar-refractivity contribution in [3.63, 3.8) is 0 Å². The Hall–Kier alpha value is -0.480. The highest BCUT2D eigenvalue weighted by atomic mass is 35.5. The van der Waals surface area contributed by atoms with Gasteiger partial charge in [0.15, 0.2) is 0 Å². The molecule has 3 nitrogen and oxygen atoms in total. The predicted molar refractivity (Wildman–Crippen MR) is 77.1 cm³/mol. The molecule has 1 aliphatic rings. The van der Waals surface area contributed by atoms with Crippen LogP contribution in [0.1, 0.15) is 23.2 Å². The minimum absolute atomic E-state index is 0. The summed E-state index contributed by atoms with van der Waals surface area (Å²) in [6.45, 7) is 1.88. The van der Waals surface area contributed by atoms with Crippen LogP contribution in [0.3, 0.4) is 0 Å². The van der Waals surface area contributed by atoms with E-state index in [2.05, 4.69) is 10.6 Å². The molecular formula is C12H15Cl3N2O. The number of piperidine rings is 1. The number of hydrogen-bond acceptors (Lipinski definition) is 2. The molecule has 0 aliphatic carbocycles. The fourth-order valence-corrected chi connectivity index (χ4v) is 2.28. The maximum absolute atomic E-state index is 12.0. The second-order valence-corrected chi connectivity index (χ2v) is 4.97. The largest absolute Gasteiger partial charge is 0.349 e. The molecule has 100 valence electrons. The minimum atomic E-state index is -0.149. The van der Waals surface area contributed by atoms with E-state index in [0.29, 0.717) is 15.6 Å². The fraction of sp³-hybridized carbons (Fsp3) is 0.417. The Kier molecular flexibility index (Phi) is 6.22. The maximum atomic E-state index is 12.0. The molecule has 1 aromatic carbocycles. The molecule has 2 rings (SSSR count). The number of hydrogen-bond donors (Lipinski definition) is 2. The van der Waals surface area contributed by atoms with E-state index >= 15 is 0 Å². The Balaban J connectivity index is 0.00000162. The van der Waals surface area contributed by atoms with Gasteiger partial charge in [-0.05, 0) is 44.1 Å². The van der Waals surface area contributed by atoms with Crippen LogP contribution in [0, 0.1) is 0 Å². The van der Waals surface area contributed by atoms with Gasteiger partial charge in [0.25, 0.3) is 5.91 Å². The lowest BCUT2D eigenvalue weighted by molar-refractivity contribution is 0.0929. The summed E-state index contributed by atoms with van der Waals surface area (Å²) in [5.41, 5.74) is 0.442. The van der Waals surface area contributed by atoms with Crippen LogP contribution in [0.4, 0.5) is 0 Å². The van der Waals surface area contributed by atoms with Gasteiger partial charge < -0.3 is 10.6 Å². The quantitative estimate of drug-likeness (QED) is 0.882. The molecule has 6 heteroatoms. The van der Waals surface area contributed by atoms with Gasteiger partial charge in [-0.15, -0.1) is 12.4 Å². The molecule has 1 heterocycles. The van der Waals surface area contributed by atoms with Gasteiger partial charge in [0.1, 0.15) is 0 Å². The molecule has 0 aromatic heterocycles. The average molecular weight is 310 g/mol. The highest BCUT2D eigenvalue weighted by Gasteiger charge is 2.18. The van der Waals surface area contributed by atoms with Crippen molar-refractivity contribution in [2.24, 2.45) is 0 Å². The van der Waals surface area contributed by atoms with Crippen LogP contribution in [-0.4, -0.2) is 25.0 Å². The number of carbonyl (C=O) groups excluding carboxylic acids is 1. The van der Waals surface area contributed by atoms with E-state index in [1.807, 2.05) is 0 Å². The zero-order valence-corrected chi connectivity index (χ0v) is 12.0. The normalized spacial score (nSPS) is 15.9. The number of nitrogens with one attached hydrogen (secondary N) is 2. The number of benzene rings is 1. The zero-order chi connectivity index (χ0) is 12.3. The molecule has 1 aromatic rings. The number of rotatable bonds is 2. The van der Waals surface area contributed by atoms with E-state index in [0.717, 1.165) is 25.9 Å². The first-order valence-corrected chi connectivity index (χ1v) is 6.39. The highest BCUT2D eigenvalue weighted by molar-refractivity contribution is 6.35. The average Bonchev–Trinajstić information content (AvgIpc) is 2.33. The van der Waals surface area contributed by atoms with E-state index in [4.69, 9.17) is 23.2 Å². The molecule has 1 aliphatic heterocycles. The third-order valence-electron chi connectivity index (χ3n) is 2.85. The summed E-state index contributed by atoms with van der Waals surface area (Å²) in [6, 6.07) is 5.13. The minimum Gasteiger partial charge on any atom is -0.349 e. The van der Waals surface area contributed by atoms with Crippen LogP contribution in [0.2, 0.25) is 10.0 Å². The second kappa shape index (κ2) is 7.19. The van der Waals surface area contributed by atoms with Gasteiger partial charge in [0.05, 0.1) is 10.6 Å². The Morgan fingerprint density at radius 1 is 1.28 bits per heavy atom. The SMILES string of the molecule is Cl.O=C(NC1CCNCC1)c1cc(Cl)ccc1Cl. The maximum Gasteiger partial charge on any atom is 0.253 e. The van der Waals surface area contributed by atoms with Crippen molar-refractivity contribution in [2.75, 3.05) is 13.1 Å². The zero-order valence-electron chi connectivity index (χ0n) is 9.71. The molecule has 0 bridgehead atoms. The topological polar surface area (TPSA) is 41.1 Å². The Morgan fingerprint density at radius 2 is 1.94 bits per heavy atom. The molecule has 0 spiro atoms. The van der Waals surface area contributed by atoms with Gasteiger partial charge in [0, 0.05) is 11.1 Å². The first-order chi connectivity index (χ1) is 8.16. The van der Waals surface area contributed by atoms with E-state index in [9.17, 15) is 4.79 Å². The van der Waals surface area contributed by atoms with Gasteiger partial charge in [-0.2, -0.15) is 0 Å². The van der Waals surface area contributed by atoms with Crippen molar-refractivity contribution in [1.29, 1.82) is 0 Å². The van der Waals surface area contributed by atoms with Crippen molar-refractivity contribution in [3.8, 4) is 0 Å². The lowest BCUT2D eigenvalue weighted by atomic mass is 10.1. The van der Waals surface area contributed by atoms with E-state index in [1.165, 1.54) is 0 Å². The Labute approximate surface area is 123 Å². The van der Waals surface area contributed by atoms with Crippen LogP contribution in [0.5, 0.6) is 0 Å². The molecular weight excluding hydrogens is 295 g/mol. The van der Waals surface area contributed by atoms with E-state index in [1.54, 1.807) is 18.2 Å². The smallest absolute Gasteiger partial charge is 0.253 e. The summed E-state index contributed by atoms with van der Waals surface area (Å²) in [7, 11) is 0. The van der Waals surface area contributed by atoms with Gasteiger partial charge in [0.2, 0.25) is 0 Å². The molecule has 0 atom stereocenters. The first-order valence-electron chi connectivity index (χ1n) is 5.63. The fourth-order valence-electron chi connectivity index (χ4n) is 1.90. The first kappa shape index (κ1) is 15.6. The lowest BCUT2D eigenvalue weighted by Crippen LogP contribution is -2.42. The summed E-state index contributed by atoms with van der Waals surface area (Å²) >= 11 is 11.8. The van der Waals surface area contributed by atoms with Crippen molar-refractivity contribution in [2.45, 2.75) is 18.9 Å². The molecule has 18 heavy (non-hydrogen) atoms. The third-order valence-corrected chi connectivity index (χ3v) is 3.41. The number of amides is 1. The summed E-state index contributed by atoms with van der Waals surface area (Å²) < 4.78 is 0. The molecule has 0 saturated carbocycles. The van der Waals surface area contributed by atoms with Gasteiger partial charge in [-0.1, -0.05) is 23.2 Å². The van der Waals surface area contributed by atoms with E-state index < -0.39 is 0 Å². The van der Waals surface area contributed by atoms with Crippen LogP contribution in [0.15, 0.2) is 18.2 Å². The van der Waals surface area contributed by atoms with Crippen LogP contribution in [0.25, 0.3) is 0 Å². The molecule has 0 unspecified atom stereocenters. The van der Waals surface area contributed by atoms with Gasteiger partial charge in [-0.3, -0.25) is 4.79 Å². The molecule has 1 fully saturated rings. The Bertz CT molecular complexity index is 420. The van der Waals surface area contributed by atoms with Crippen LogP contribution < -0.4 is 10.6 Å². The predicted octanol–water partition coefficient (Wildman–Crippen LogP) is 2.90. The van der Waals surface area contributed by atoms with Crippen molar-refractivity contribution in [1.82, 2.24) is 10.6 Å². The van der Waals surface area contributed by atoms with Crippen molar-refractivity contribution >= 4 is 41.5 Å². The highest BCUT2D eigenvalue weighted by Crippen LogP contribution is 2.20. The van der Waals surface area contributed by atoms with Crippen molar-refractivity contribution < 1.29 is 4.79 Å². The molecule has 1 saturated heterocycles. The summed E-state index contributed by atoms with van der Waals surface area (Å²) in [5, 5.41) is 7.18. The van der Waals surface area contributed by atoms with Crippen molar-refractivity contribution in [3.05, 3.63) is 33.8 Å². The number of carbonyl (C=O) groups is 1. The lowest BCUT2D eigenvalue weighted by Gasteiger charge is -2.23. The Morgan fingerprint density at radius 3 is 2.61 bits per heavy atom. The van der Waals surface area contributed by atoms with E-state index in [-0.39, 0.29) is 24.4 Å². The summed E-state index contributed by atoms with van der Waals surface area (Å²) in [4.78, 5) is 12.0. The number of halogens is 3. The molecule has 0 radical (unpaired) electrons. The summed E-state index contributed by atoms with van der Waals surface area (Å²) in [5.74, 6) is -0.149. The van der Waals surface area contributed by atoms with Gasteiger partial charge in [-0.25, -0.2) is 0 Å². The molecule has 1 amide bonds. The second-order valence-electron chi connectivity index (χ2n) is 4.12. The van der Waals surface area contributed by atoms with Gasteiger partial charge >= 0.3 is 0 Å². The molecule has 2 N–H and O–H groups in total. The monoisotopic (exact) mass is 308 g/mol. The standard InChI is InChI=1S/C12H14Cl2N2O.ClH/c13-8-1-2-11(14)10(7-8)12(17)16-9-3-5-15-6-4-9;/h1-2,7,9,15H,3-6H2,(H,16,17);1H. The van der Waals surface area contributed by atoms with Crippen LogP contribution >= 0.6 is 35.6 Å². The van der Waals surface area contributed by atoms with Crippen LogP contribution in [-0.2, 0) is 0 Å². The third kappa shape index (κ3) is 4.02.